The van der Waals surface area contributed by atoms with Crippen LogP contribution in [0.1, 0.15) is 25.2 Å². The molecule has 39 heavy (non-hydrogen) atoms. The average Bonchev–Trinajstić information content (AvgIpc) is 2.91. The first-order valence-corrected chi connectivity index (χ1v) is 12.6. The fourth-order valence-electron chi connectivity index (χ4n) is 4.33. The number of benzene rings is 2. The minimum atomic E-state index is -4.43. The number of carbonyl (C=O) groups is 2. The Labute approximate surface area is 224 Å². The highest BCUT2D eigenvalue weighted by molar-refractivity contribution is 5.91. The van der Waals surface area contributed by atoms with Gasteiger partial charge in [-0.1, -0.05) is 26.0 Å². The van der Waals surface area contributed by atoms with Crippen molar-refractivity contribution in [2.24, 2.45) is 5.92 Å². The van der Waals surface area contributed by atoms with Gasteiger partial charge in [0, 0.05) is 37.3 Å². The van der Waals surface area contributed by atoms with Gasteiger partial charge in [-0.2, -0.15) is 13.2 Å². The van der Waals surface area contributed by atoms with E-state index in [0.717, 1.165) is 23.0 Å². The molecule has 2 heterocycles. The number of fused-ring (bicyclic) bond motifs is 1. The summed E-state index contributed by atoms with van der Waals surface area (Å²) in [6, 6.07) is 11.0. The fourth-order valence-corrected chi connectivity index (χ4v) is 4.33. The van der Waals surface area contributed by atoms with Crippen molar-refractivity contribution in [1.82, 2.24) is 19.8 Å². The summed E-state index contributed by atoms with van der Waals surface area (Å²) >= 11 is 0. The van der Waals surface area contributed by atoms with E-state index in [0.29, 0.717) is 50.1 Å². The number of methoxy groups -OCH3 is 1. The van der Waals surface area contributed by atoms with E-state index in [4.69, 9.17) is 14.7 Å². The first-order valence-electron chi connectivity index (χ1n) is 12.6. The minimum absolute atomic E-state index is 0.0311. The molecule has 1 atom stereocenters. The Morgan fingerprint density at radius 3 is 2.28 bits per heavy atom. The third kappa shape index (κ3) is 6.94. The highest BCUT2D eigenvalue weighted by atomic mass is 19.4. The molecule has 1 aliphatic rings. The maximum Gasteiger partial charge on any atom is 0.416 e. The van der Waals surface area contributed by atoms with E-state index in [2.05, 4.69) is 15.5 Å². The van der Waals surface area contributed by atoms with Crippen LogP contribution >= 0.6 is 0 Å². The number of rotatable bonds is 7. The van der Waals surface area contributed by atoms with E-state index in [1.165, 1.54) is 19.2 Å². The van der Waals surface area contributed by atoms with E-state index in [-0.39, 0.29) is 17.9 Å². The zero-order valence-electron chi connectivity index (χ0n) is 22.0. The second-order valence-corrected chi connectivity index (χ2v) is 9.66. The van der Waals surface area contributed by atoms with E-state index in [1.54, 1.807) is 4.90 Å². The quantitative estimate of drug-likeness (QED) is 0.419. The Morgan fingerprint density at radius 2 is 1.67 bits per heavy atom. The van der Waals surface area contributed by atoms with Gasteiger partial charge in [0.15, 0.2) is 0 Å². The van der Waals surface area contributed by atoms with Gasteiger partial charge in [0.05, 0.1) is 24.7 Å². The lowest BCUT2D eigenvalue weighted by Gasteiger charge is -2.34. The Kier molecular flexibility index (Phi) is 8.54. The number of nitrogens with one attached hydrogen (secondary N) is 2. The van der Waals surface area contributed by atoms with Crippen LogP contribution in [-0.2, 0) is 22.3 Å². The smallest absolute Gasteiger partial charge is 0.416 e. The number of hydrogen-bond acceptors (Lipinski definition) is 7. The van der Waals surface area contributed by atoms with Crippen molar-refractivity contribution < 1.29 is 27.5 Å². The van der Waals surface area contributed by atoms with E-state index >= 15 is 0 Å². The first-order chi connectivity index (χ1) is 18.5. The lowest BCUT2D eigenvalue weighted by molar-refractivity contribution is -0.142. The zero-order valence-corrected chi connectivity index (χ0v) is 22.0. The van der Waals surface area contributed by atoms with Crippen molar-refractivity contribution >= 4 is 34.4 Å². The number of piperazine rings is 1. The van der Waals surface area contributed by atoms with Crippen LogP contribution in [-0.4, -0.2) is 71.1 Å². The van der Waals surface area contributed by atoms with Gasteiger partial charge in [-0.05, 0) is 42.3 Å². The maximum atomic E-state index is 12.8. The molecule has 0 spiro atoms. The molecule has 4 rings (SSSR count). The molecule has 1 fully saturated rings. The number of aromatic nitrogens is 2. The molecule has 2 aromatic carbocycles. The first kappa shape index (κ1) is 28.1. The summed E-state index contributed by atoms with van der Waals surface area (Å²) in [6.07, 6.45) is -4.43. The molecule has 1 saturated heterocycles. The fraction of sp³-hybridized carbons (Fsp3) is 0.407. The van der Waals surface area contributed by atoms with Crippen molar-refractivity contribution in [3.05, 3.63) is 59.9 Å². The molecule has 1 aromatic heterocycles. The number of halogens is 3. The van der Waals surface area contributed by atoms with E-state index < -0.39 is 17.8 Å². The van der Waals surface area contributed by atoms with Crippen LogP contribution in [0.4, 0.5) is 29.5 Å². The highest BCUT2D eigenvalue weighted by Crippen LogP contribution is 2.30. The van der Waals surface area contributed by atoms with Gasteiger partial charge in [-0.15, -0.1) is 0 Å². The van der Waals surface area contributed by atoms with Gasteiger partial charge in [-0.3, -0.25) is 4.90 Å². The van der Waals surface area contributed by atoms with Gasteiger partial charge in [0.25, 0.3) is 0 Å². The molecule has 3 aromatic rings. The predicted molar refractivity (Wildman–Crippen MR) is 141 cm³/mol. The molecular formula is C27H31F3N6O3. The summed E-state index contributed by atoms with van der Waals surface area (Å²) in [5, 5.41) is 6.68. The van der Waals surface area contributed by atoms with Crippen molar-refractivity contribution in [2.45, 2.75) is 32.6 Å². The molecule has 12 heteroatoms. The molecule has 0 radical (unpaired) electrons. The van der Waals surface area contributed by atoms with Gasteiger partial charge in [-0.25, -0.2) is 19.6 Å². The number of esters is 1. The summed E-state index contributed by atoms with van der Waals surface area (Å²) < 4.78 is 43.3. The van der Waals surface area contributed by atoms with Crippen LogP contribution in [0.5, 0.6) is 0 Å². The third-order valence-electron chi connectivity index (χ3n) is 6.55. The summed E-state index contributed by atoms with van der Waals surface area (Å²) in [7, 11) is 1.35. The predicted octanol–water partition coefficient (Wildman–Crippen LogP) is 4.61. The number of alkyl halides is 3. The standard InChI is InChI=1S/C27H31F3N6O3/c1-17(2)23(25(37)39-3)34-24-20-6-4-5-7-21(20)32-22(33-24)16-35-12-14-36(15-13-35)26(38)31-19-10-8-18(9-11-19)27(28,29)30/h4-11,17,23H,12-16H2,1-3H3,(H,31,38)(H,32,33,34)/t23-/m0/s1. The van der Waals surface area contributed by atoms with Gasteiger partial charge >= 0.3 is 18.2 Å². The Balaban J connectivity index is 1.40. The zero-order chi connectivity index (χ0) is 28.2. The number of carbonyl (C=O) groups excluding carboxylic acids is 2. The number of hydrogen-bond donors (Lipinski definition) is 2. The van der Waals surface area contributed by atoms with Crippen molar-refractivity contribution in [3.8, 4) is 0 Å². The highest BCUT2D eigenvalue weighted by Gasteiger charge is 2.30. The second-order valence-electron chi connectivity index (χ2n) is 9.66. The molecule has 9 nitrogen and oxygen atoms in total. The Hall–Kier alpha value is -3.93. The summed E-state index contributed by atoms with van der Waals surface area (Å²) in [4.78, 5) is 38.1. The normalized spacial score (nSPS) is 15.3. The Bertz CT molecular complexity index is 1310. The monoisotopic (exact) mass is 544 g/mol. The van der Waals surface area contributed by atoms with Crippen LogP contribution in [0.25, 0.3) is 10.9 Å². The molecule has 0 unspecified atom stereocenters. The van der Waals surface area contributed by atoms with Crippen LogP contribution in [0.3, 0.4) is 0 Å². The molecule has 1 aliphatic heterocycles. The summed E-state index contributed by atoms with van der Waals surface area (Å²) in [6.45, 7) is 6.29. The molecule has 0 bridgehead atoms. The number of para-hydroxylation sites is 1. The second kappa shape index (κ2) is 11.9. The maximum absolute atomic E-state index is 12.8. The van der Waals surface area contributed by atoms with Gasteiger partial charge in [0.1, 0.15) is 17.7 Å². The molecular weight excluding hydrogens is 513 g/mol. The SMILES string of the molecule is COC(=O)[C@@H](Nc1nc(CN2CCN(C(=O)Nc3ccc(C(F)(F)F)cc3)CC2)nc2ccccc12)C(C)C. The van der Waals surface area contributed by atoms with Crippen LogP contribution in [0.15, 0.2) is 48.5 Å². The van der Waals surface area contributed by atoms with Crippen LogP contribution in [0, 0.1) is 5.92 Å². The molecule has 208 valence electrons. The summed E-state index contributed by atoms with van der Waals surface area (Å²) in [5.41, 5.74) is 0.270. The number of ether oxygens (including phenoxy) is 1. The van der Waals surface area contributed by atoms with E-state index in [1.807, 2.05) is 38.1 Å². The van der Waals surface area contributed by atoms with Crippen molar-refractivity contribution in [1.29, 1.82) is 0 Å². The largest absolute Gasteiger partial charge is 0.467 e. The molecule has 0 aliphatic carbocycles. The number of amides is 2. The van der Waals surface area contributed by atoms with Crippen LogP contribution < -0.4 is 10.6 Å². The van der Waals surface area contributed by atoms with Gasteiger partial charge < -0.3 is 20.3 Å². The summed E-state index contributed by atoms with van der Waals surface area (Å²) in [5.74, 6) is 0.719. The topological polar surface area (TPSA) is 99.7 Å². The number of anilines is 2. The molecule has 2 amide bonds. The molecule has 0 saturated carbocycles. The lowest BCUT2D eigenvalue weighted by Crippen LogP contribution is -2.49. The minimum Gasteiger partial charge on any atom is -0.467 e. The number of urea groups is 1. The van der Waals surface area contributed by atoms with Crippen molar-refractivity contribution in [3.63, 3.8) is 0 Å². The van der Waals surface area contributed by atoms with Crippen LogP contribution in [0.2, 0.25) is 0 Å². The van der Waals surface area contributed by atoms with Crippen molar-refractivity contribution in [2.75, 3.05) is 43.9 Å². The average molecular weight is 545 g/mol. The number of nitrogens with zero attached hydrogens (tertiary/aromatic N) is 4. The van der Waals surface area contributed by atoms with Gasteiger partial charge in [0.2, 0.25) is 0 Å². The Morgan fingerprint density at radius 1 is 1.00 bits per heavy atom. The molecule has 2 N–H and O–H groups in total. The lowest BCUT2D eigenvalue weighted by atomic mass is 10.0. The third-order valence-corrected chi connectivity index (χ3v) is 6.55. The van der Waals surface area contributed by atoms with E-state index in [9.17, 15) is 22.8 Å².